The zero-order valence-electron chi connectivity index (χ0n) is 12.5. The topological polar surface area (TPSA) is 32.3 Å². The van der Waals surface area contributed by atoms with E-state index in [1.54, 1.807) is 12.1 Å². The molecule has 0 saturated carbocycles. The van der Waals surface area contributed by atoms with Gasteiger partial charge in [-0.05, 0) is 50.6 Å². The van der Waals surface area contributed by atoms with Gasteiger partial charge in [-0.1, -0.05) is 23.2 Å². The number of benzene rings is 1. The fourth-order valence-corrected chi connectivity index (χ4v) is 3.96. The van der Waals surface area contributed by atoms with Gasteiger partial charge in [-0.2, -0.15) is 0 Å². The van der Waals surface area contributed by atoms with Crippen molar-refractivity contribution in [3.63, 3.8) is 0 Å². The zero-order valence-corrected chi connectivity index (χ0v) is 15.6. The molecule has 1 unspecified atom stereocenters. The molecule has 1 saturated heterocycles. The van der Waals surface area contributed by atoms with Crippen molar-refractivity contribution in [1.82, 2.24) is 10.2 Å². The number of nitrogens with one attached hydrogen (secondary N) is 1. The second-order valence-corrected chi connectivity index (χ2v) is 7.13. The van der Waals surface area contributed by atoms with Crippen LogP contribution in [0.15, 0.2) is 23.1 Å². The number of thioether (sulfide) groups is 1. The lowest BCUT2D eigenvalue weighted by atomic mass is 9.98. The Hall–Kier alpha value is -0.130. The second kappa shape index (κ2) is 9.89. The molecule has 1 aliphatic rings. The third-order valence-corrected chi connectivity index (χ3v) is 5.33. The quantitative estimate of drug-likeness (QED) is 0.781. The summed E-state index contributed by atoms with van der Waals surface area (Å²) in [7, 11) is 1.96. The Labute approximate surface area is 152 Å². The first-order valence-corrected chi connectivity index (χ1v) is 8.84. The molecule has 0 spiro atoms. The van der Waals surface area contributed by atoms with E-state index in [0.717, 1.165) is 31.0 Å². The highest BCUT2D eigenvalue weighted by atomic mass is 35.5. The lowest BCUT2D eigenvalue weighted by Crippen LogP contribution is -2.43. The molecule has 1 atom stereocenters. The third-order valence-electron chi connectivity index (χ3n) is 3.61. The van der Waals surface area contributed by atoms with E-state index < -0.39 is 0 Å². The maximum Gasteiger partial charge on any atom is 0.232 e. The molecule has 1 aromatic carbocycles. The standard InChI is InChI=1S/C15H20Cl2N2OS.ClH/c1-18-8-11-3-2-6-19(9-11)15(20)10-21-14-7-12(16)4-5-13(14)17;/h4-5,7,11,18H,2-3,6,8-10H2,1H3;1H. The van der Waals surface area contributed by atoms with E-state index in [4.69, 9.17) is 23.2 Å². The van der Waals surface area contributed by atoms with Crippen molar-refractivity contribution in [3.8, 4) is 0 Å². The summed E-state index contributed by atoms with van der Waals surface area (Å²) in [4.78, 5) is 15.2. The predicted octanol–water partition coefficient (Wildman–Crippen LogP) is 3.97. The van der Waals surface area contributed by atoms with E-state index in [9.17, 15) is 4.79 Å². The Morgan fingerprint density at radius 3 is 2.95 bits per heavy atom. The summed E-state index contributed by atoms with van der Waals surface area (Å²) < 4.78 is 0. The van der Waals surface area contributed by atoms with Gasteiger partial charge in [0.1, 0.15) is 0 Å². The summed E-state index contributed by atoms with van der Waals surface area (Å²) in [5, 5.41) is 4.48. The molecule has 2 rings (SSSR count). The molecule has 0 radical (unpaired) electrons. The van der Waals surface area contributed by atoms with E-state index in [-0.39, 0.29) is 18.3 Å². The average molecular weight is 384 g/mol. The number of amides is 1. The van der Waals surface area contributed by atoms with E-state index >= 15 is 0 Å². The molecule has 124 valence electrons. The number of carbonyl (C=O) groups excluding carboxylic acids is 1. The van der Waals surface area contributed by atoms with Crippen molar-refractivity contribution in [2.24, 2.45) is 5.92 Å². The van der Waals surface area contributed by atoms with E-state index in [2.05, 4.69) is 5.32 Å². The lowest BCUT2D eigenvalue weighted by molar-refractivity contribution is -0.130. The lowest BCUT2D eigenvalue weighted by Gasteiger charge is -2.32. The number of piperidine rings is 1. The van der Waals surface area contributed by atoms with Gasteiger partial charge in [0, 0.05) is 23.0 Å². The van der Waals surface area contributed by atoms with Crippen molar-refractivity contribution in [2.75, 3.05) is 32.4 Å². The van der Waals surface area contributed by atoms with Gasteiger partial charge in [0.15, 0.2) is 0 Å². The number of hydrogen-bond acceptors (Lipinski definition) is 3. The monoisotopic (exact) mass is 382 g/mol. The minimum absolute atomic E-state index is 0. The number of likely N-dealkylation sites (tertiary alicyclic amines) is 1. The molecule has 1 amide bonds. The van der Waals surface area contributed by atoms with Crippen LogP contribution in [0, 0.1) is 5.92 Å². The summed E-state index contributed by atoms with van der Waals surface area (Å²) in [6, 6.07) is 5.32. The number of hydrogen-bond donors (Lipinski definition) is 1. The largest absolute Gasteiger partial charge is 0.342 e. The molecule has 1 aliphatic heterocycles. The molecule has 3 nitrogen and oxygen atoms in total. The van der Waals surface area contributed by atoms with Gasteiger partial charge in [-0.3, -0.25) is 4.79 Å². The van der Waals surface area contributed by atoms with Gasteiger partial charge in [0.25, 0.3) is 0 Å². The molecular weight excluding hydrogens is 363 g/mol. The van der Waals surface area contributed by atoms with Gasteiger partial charge in [-0.15, -0.1) is 24.2 Å². The summed E-state index contributed by atoms with van der Waals surface area (Å²) >= 11 is 13.5. The number of nitrogens with zero attached hydrogens (tertiary/aromatic N) is 1. The number of carbonyl (C=O) groups is 1. The predicted molar refractivity (Wildman–Crippen MR) is 97.7 cm³/mol. The fourth-order valence-electron chi connectivity index (χ4n) is 2.57. The zero-order chi connectivity index (χ0) is 15.2. The maximum atomic E-state index is 12.3. The smallest absolute Gasteiger partial charge is 0.232 e. The molecule has 0 aromatic heterocycles. The van der Waals surface area contributed by atoms with Crippen LogP contribution in [0.2, 0.25) is 10.0 Å². The first-order valence-electron chi connectivity index (χ1n) is 7.10. The van der Waals surface area contributed by atoms with Gasteiger partial charge in [-0.25, -0.2) is 0 Å². The van der Waals surface area contributed by atoms with Crippen molar-refractivity contribution < 1.29 is 4.79 Å². The van der Waals surface area contributed by atoms with Crippen molar-refractivity contribution in [1.29, 1.82) is 0 Å². The van der Waals surface area contributed by atoms with E-state index in [1.807, 2.05) is 18.0 Å². The Bertz CT molecular complexity index is 500. The first-order chi connectivity index (χ1) is 10.1. The first kappa shape index (κ1) is 19.9. The summed E-state index contributed by atoms with van der Waals surface area (Å²) in [5.74, 6) is 1.15. The fraction of sp³-hybridized carbons (Fsp3) is 0.533. The minimum atomic E-state index is 0. The Morgan fingerprint density at radius 2 is 2.23 bits per heavy atom. The molecule has 1 heterocycles. The van der Waals surface area contributed by atoms with Crippen molar-refractivity contribution in [3.05, 3.63) is 28.2 Å². The highest BCUT2D eigenvalue weighted by molar-refractivity contribution is 8.00. The van der Waals surface area contributed by atoms with Crippen molar-refractivity contribution >= 4 is 53.3 Å². The summed E-state index contributed by atoms with van der Waals surface area (Å²) in [6.45, 7) is 2.68. The van der Waals surface area contributed by atoms with Crippen LogP contribution in [-0.4, -0.2) is 43.2 Å². The molecule has 0 aliphatic carbocycles. The van der Waals surface area contributed by atoms with Crippen LogP contribution < -0.4 is 5.32 Å². The summed E-state index contributed by atoms with van der Waals surface area (Å²) in [5.41, 5.74) is 0. The van der Waals surface area contributed by atoms with Crippen LogP contribution >= 0.6 is 47.4 Å². The number of rotatable bonds is 5. The van der Waals surface area contributed by atoms with E-state index in [0.29, 0.717) is 21.7 Å². The average Bonchev–Trinajstić information content (AvgIpc) is 2.48. The van der Waals surface area contributed by atoms with Crippen LogP contribution in [0.4, 0.5) is 0 Å². The third kappa shape index (κ3) is 5.82. The van der Waals surface area contributed by atoms with Crippen LogP contribution in [-0.2, 0) is 4.79 Å². The SMILES string of the molecule is CNCC1CCCN(C(=O)CSc2cc(Cl)ccc2Cl)C1.Cl. The van der Waals surface area contributed by atoms with E-state index in [1.165, 1.54) is 18.2 Å². The van der Waals surface area contributed by atoms with Gasteiger partial charge >= 0.3 is 0 Å². The Kier molecular flexibility index (Phi) is 8.95. The van der Waals surface area contributed by atoms with Gasteiger partial charge in [0.05, 0.1) is 10.8 Å². The van der Waals surface area contributed by atoms with Crippen LogP contribution in [0.3, 0.4) is 0 Å². The minimum Gasteiger partial charge on any atom is -0.342 e. The molecule has 1 aromatic rings. The molecule has 1 N–H and O–H groups in total. The molecule has 22 heavy (non-hydrogen) atoms. The highest BCUT2D eigenvalue weighted by Gasteiger charge is 2.23. The molecular formula is C15H21Cl3N2OS. The molecule has 0 bridgehead atoms. The molecule has 7 heteroatoms. The normalized spacial score (nSPS) is 18.0. The Morgan fingerprint density at radius 1 is 1.45 bits per heavy atom. The molecule has 1 fully saturated rings. The number of halogens is 3. The van der Waals surface area contributed by atoms with Crippen molar-refractivity contribution in [2.45, 2.75) is 17.7 Å². The van der Waals surface area contributed by atoms with Crippen LogP contribution in [0.5, 0.6) is 0 Å². The van der Waals surface area contributed by atoms with Gasteiger partial charge < -0.3 is 10.2 Å². The van der Waals surface area contributed by atoms with Crippen LogP contribution in [0.1, 0.15) is 12.8 Å². The van der Waals surface area contributed by atoms with Crippen LogP contribution in [0.25, 0.3) is 0 Å². The maximum absolute atomic E-state index is 12.3. The Balaban J connectivity index is 0.00000242. The van der Waals surface area contributed by atoms with Gasteiger partial charge in [0.2, 0.25) is 5.91 Å². The second-order valence-electron chi connectivity index (χ2n) is 5.27. The highest BCUT2D eigenvalue weighted by Crippen LogP contribution is 2.30. The summed E-state index contributed by atoms with van der Waals surface area (Å²) in [6.07, 6.45) is 2.28.